The minimum atomic E-state index is -0.984. The molecule has 1 N–H and O–H groups in total. The monoisotopic (exact) mass is 272 g/mol. The third-order valence-corrected chi connectivity index (χ3v) is 2.74. The van der Waals surface area contributed by atoms with Crippen LogP contribution in [0, 0.1) is 10.1 Å². The number of nitrogens with one attached hydrogen (secondary N) is 1. The molecule has 0 atom stereocenters. The normalized spacial score (nSPS) is 13.4. The summed E-state index contributed by atoms with van der Waals surface area (Å²) in [6.45, 7) is 0. The summed E-state index contributed by atoms with van der Waals surface area (Å²) >= 11 is 0. The summed E-state index contributed by atoms with van der Waals surface area (Å²) in [4.78, 5) is 36.8. The lowest BCUT2D eigenvalue weighted by Gasteiger charge is -2.16. The summed E-state index contributed by atoms with van der Waals surface area (Å²) < 4.78 is 1.43. The van der Waals surface area contributed by atoms with E-state index in [0.717, 1.165) is 6.07 Å². The third-order valence-electron chi connectivity index (χ3n) is 2.74. The summed E-state index contributed by atoms with van der Waals surface area (Å²) in [7, 11) is 0. The van der Waals surface area contributed by atoms with Gasteiger partial charge in [-0.15, -0.1) is 0 Å². The van der Waals surface area contributed by atoms with Crippen molar-refractivity contribution in [2.45, 2.75) is 0 Å². The molecule has 99 valence electrons. The molecule has 2 heterocycles. The Labute approximate surface area is 111 Å². The van der Waals surface area contributed by atoms with Gasteiger partial charge in [0.2, 0.25) is 0 Å². The standard InChI is InChI=1S/C11H6N5O4/c17-10-11(18)14-7-4-9(16(19)20)8(3-6(7)13-10)15-2-1-12-5-15/h1-5H,(H,13,17). The lowest BCUT2D eigenvalue weighted by atomic mass is 10.1. The van der Waals surface area contributed by atoms with Crippen LogP contribution >= 0.6 is 0 Å². The number of hydrogen-bond donors (Lipinski definition) is 1. The van der Waals surface area contributed by atoms with Gasteiger partial charge in [0, 0.05) is 18.5 Å². The Kier molecular flexibility index (Phi) is 2.46. The van der Waals surface area contributed by atoms with Crippen molar-refractivity contribution in [2.24, 2.45) is 0 Å². The van der Waals surface area contributed by atoms with Crippen LogP contribution in [0.3, 0.4) is 0 Å². The molecule has 9 heteroatoms. The average molecular weight is 272 g/mol. The van der Waals surface area contributed by atoms with Crippen LogP contribution in [0.2, 0.25) is 0 Å². The van der Waals surface area contributed by atoms with Crippen LogP contribution in [0.25, 0.3) is 5.69 Å². The smallest absolute Gasteiger partial charge is 0.316 e. The first-order valence-electron chi connectivity index (χ1n) is 5.44. The van der Waals surface area contributed by atoms with E-state index in [1.165, 1.54) is 29.4 Å². The van der Waals surface area contributed by atoms with Gasteiger partial charge < -0.3 is 9.88 Å². The zero-order chi connectivity index (χ0) is 14.3. The van der Waals surface area contributed by atoms with Crippen molar-refractivity contribution in [1.82, 2.24) is 14.9 Å². The second-order valence-corrected chi connectivity index (χ2v) is 3.96. The molecule has 0 fully saturated rings. The third kappa shape index (κ3) is 1.77. The van der Waals surface area contributed by atoms with Crippen LogP contribution < -0.4 is 10.6 Å². The van der Waals surface area contributed by atoms with E-state index in [9.17, 15) is 19.7 Å². The lowest BCUT2D eigenvalue weighted by Crippen LogP contribution is -2.33. The molecule has 0 bridgehead atoms. The van der Waals surface area contributed by atoms with Crippen LogP contribution in [-0.2, 0) is 9.59 Å². The van der Waals surface area contributed by atoms with Gasteiger partial charge in [0.25, 0.3) is 5.69 Å². The number of hydrogen-bond acceptors (Lipinski definition) is 5. The van der Waals surface area contributed by atoms with Crippen LogP contribution in [-0.4, -0.2) is 26.3 Å². The summed E-state index contributed by atoms with van der Waals surface area (Å²) in [5.41, 5.74) is 0.277. The maximum Gasteiger partial charge on any atom is 0.335 e. The number of imidazole rings is 1. The van der Waals surface area contributed by atoms with Crippen molar-refractivity contribution in [2.75, 3.05) is 5.32 Å². The van der Waals surface area contributed by atoms with Gasteiger partial charge in [-0.2, -0.15) is 0 Å². The van der Waals surface area contributed by atoms with E-state index in [-0.39, 0.29) is 22.7 Å². The number of amides is 2. The second kappa shape index (κ2) is 4.16. The fraction of sp³-hybridized carbons (Fsp3) is 0. The molecule has 20 heavy (non-hydrogen) atoms. The number of rotatable bonds is 2. The summed E-state index contributed by atoms with van der Waals surface area (Å²) in [5.74, 6) is -1.86. The van der Waals surface area contributed by atoms with Crippen molar-refractivity contribution in [3.05, 3.63) is 41.0 Å². The molecule has 0 saturated carbocycles. The largest absolute Gasteiger partial charge is 0.335 e. The number of nitrogens with zero attached hydrogens (tertiary/aromatic N) is 4. The molecule has 2 aromatic rings. The molecule has 1 radical (unpaired) electrons. The fourth-order valence-corrected chi connectivity index (χ4v) is 1.85. The van der Waals surface area contributed by atoms with Crippen LogP contribution in [0.5, 0.6) is 0 Å². The quantitative estimate of drug-likeness (QED) is 0.484. The van der Waals surface area contributed by atoms with Gasteiger partial charge >= 0.3 is 11.8 Å². The van der Waals surface area contributed by atoms with Gasteiger partial charge in [0.05, 0.1) is 22.6 Å². The number of carbonyl (C=O) groups is 2. The molecule has 1 aromatic heterocycles. The Morgan fingerprint density at radius 2 is 2.10 bits per heavy atom. The highest BCUT2D eigenvalue weighted by molar-refractivity contribution is 6.42. The summed E-state index contributed by atoms with van der Waals surface area (Å²) in [5, 5.41) is 17.0. The number of carbonyl (C=O) groups excluding carboxylic acids is 2. The Bertz CT molecular complexity index is 738. The molecule has 3 rings (SSSR count). The topological polar surface area (TPSA) is 121 Å². The van der Waals surface area contributed by atoms with Gasteiger partial charge in [-0.05, 0) is 6.07 Å². The average Bonchev–Trinajstić information content (AvgIpc) is 2.92. The molecule has 0 spiro atoms. The van der Waals surface area contributed by atoms with E-state index in [1.54, 1.807) is 0 Å². The molecular weight excluding hydrogens is 266 g/mol. The molecule has 1 aliphatic heterocycles. The number of aromatic nitrogens is 2. The summed E-state index contributed by atoms with van der Waals surface area (Å²) in [6.07, 6.45) is 4.39. The van der Waals surface area contributed by atoms with Gasteiger partial charge in [-0.3, -0.25) is 19.7 Å². The predicted octanol–water partition coefficient (Wildman–Crippen LogP) is 0.495. The molecule has 2 amide bonds. The molecule has 0 unspecified atom stereocenters. The zero-order valence-corrected chi connectivity index (χ0v) is 9.81. The Hall–Kier alpha value is -3.23. The first kappa shape index (κ1) is 11.8. The van der Waals surface area contributed by atoms with Crippen LogP contribution in [0.4, 0.5) is 17.1 Å². The van der Waals surface area contributed by atoms with E-state index in [0.29, 0.717) is 0 Å². The second-order valence-electron chi connectivity index (χ2n) is 3.96. The van der Waals surface area contributed by atoms with E-state index in [1.807, 2.05) is 0 Å². The number of fused-ring (bicyclic) bond motifs is 1. The molecule has 1 aliphatic rings. The van der Waals surface area contributed by atoms with E-state index >= 15 is 0 Å². The van der Waals surface area contributed by atoms with Gasteiger partial charge in [0.15, 0.2) is 0 Å². The van der Waals surface area contributed by atoms with Crippen molar-refractivity contribution < 1.29 is 14.5 Å². The minimum absolute atomic E-state index is 0.0603. The van der Waals surface area contributed by atoms with Gasteiger partial charge in [0.1, 0.15) is 5.69 Å². The molecule has 0 aliphatic carbocycles. The van der Waals surface area contributed by atoms with Crippen molar-refractivity contribution in [1.29, 1.82) is 0 Å². The number of anilines is 1. The maximum absolute atomic E-state index is 11.3. The van der Waals surface area contributed by atoms with E-state index in [2.05, 4.69) is 15.6 Å². The number of benzene rings is 1. The van der Waals surface area contributed by atoms with Crippen molar-refractivity contribution in [3.8, 4) is 5.69 Å². The fourth-order valence-electron chi connectivity index (χ4n) is 1.85. The molecule has 1 aromatic carbocycles. The molecule has 0 saturated heterocycles. The lowest BCUT2D eigenvalue weighted by molar-refractivity contribution is -0.384. The van der Waals surface area contributed by atoms with Crippen LogP contribution in [0.1, 0.15) is 0 Å². The minimum Gasteiger partial charge on any atom is -0.316 e. The number of nitro groups is 1. The Morgan fingerprint density at radius 1 is 1.30 bits per heavy atom. The van der Waals surface area contributed by atoms with Crippen molar-refractivity contribution >= 4 is 28.9 Å². The van der Waals surface area contributed by atoms with Gasteiger partial charge in [-0.25, -0.2) is 10.3 Å². The predicted molar refractivity (Wildman–Crippen MR) is 65.6 cm³/mol. The Morgan fingerprint density at radius 3 is 2.75 bits per heavy atom. The summed E-state index contributed by atoms with van der Waals surface area (Å²) in [6, 6.07) is 2.52. The first-order chi connectivity index (χ1) is 9.56. The first-order valence-corrected chi connectivity index (χ1v) is 5.44. The zero-order valence-electron chi connectivity index (χ0n) is 9.81. The van der Waals surface area contributed by atoms with Crippen molar-refractivity contribution in [3.63, 3.8) is 0 Å². The SMILES string of the molecule is O=C1[N]c2cc([N+](=O)[O-])c(-n3ccnc3)cc2NC1=O. The highest BCUT2D eigenvalue weighted by Crippen LogP contribution is 2.35. The van der Waals surface area contributed by atoms with Gasteiger partial charge in [-0.1, -0.05) is 0 Å². The number of nitro benzene ring substituents is 1. The van der Waals surface area contributed by atoms with E-state index in [4.69, 9.17) is 0 Å². The van der Waals surface area contributed by atoms with E-state index < -0.39 is 16.7 Å². The van der Waals surface area contributed by atoms with Crippen LogP contribution in [0.15, 0.2) is 30.9 Å². The maximum atomic E-state index is 11.3. The highest BCUT2D eigenvalue weighted by atomic mass is 16.6. The molecule has 9 nitrogen and oxygen atoms in total. The Balaban J connectivity index is 2.20. The highest BCUT2D eigenvalue weighted by Gasteiger charge is 2.29. The molecular formula is C11H6N5O4.